The van der Waals surface area contributed by atoms with Crippen LogP contribution in [0.2, 0.25) is 0 Å². The molecule has 2 aromatic rings. The van der Waals surface area contributed by atoms with Gasteiger partial charge in [-0.2, -0.15) is 5.10 Å². The molecule has 2 fully saturated rings. The van der Waals surface area contributed by atoms with Gasteiger partial charge in [-0.05, 0) is 61.9 Å². The van der Waals surface area contributed by atoms with Crippen LogP contribution in [0.3, 0.4) is 0 Å². The van der Waals surface area contributed by atoms with Gasteiger partial charge >= 0.3 is 0 Å². The summed E-state index contributed by atoms with van der Waals surface area (Å²) < 4.78 is 2.73. The lowest BCUT2D eigenvalue weighted by Gasteiger charge is -2.26. The molecule has 1 spiro atoms. The number of rotatable bonds is 4. The van der Waals surface area contributed by atoms with Crippen LogP contribution in [0.5, 0.6) is 0 Å². The third-order valence-electron chi connectivity index (χ3n) is 6.12. The van der Waals surface area contributed by atoms with E-state index in [0.29, 0.717) is 17.4 Å². The summed E-state index contributed by atoms with van der Waals surface area (Å²) in [5.74, 6) is 1.11. The minimum atomic E-state index is 0.0835. The van der Waals surface area contributed by atoms with Gasteiger partial charge in [0.05, 0.1) is 6.54 Å². The second kappa shape index (κ2) is 5.53. The van der Waals surface area contributed by atoms with Crippen LogP contribution in [0.15, 0.2) is 24.3 Å². The largest absolute Gasteiger partial charge is 0.349 e. The van der Waals surface area contributed by atoms with E-state index < -0.39 is 0 Å². The molecule has 5 nitrogen and oxygen atoms in total. The zero-order chi connectivity index (χ0) is 17.0. The van der Waals surface area contributed by atoms with Crippen molar-refractivity contribution in [2.24, 2.45) is 5.92 Å². The number of aromatic amines is 1. The average molecular weight is 354 g/mol. The predicted octanol–water partition coefficient (Wildman–Crippen LogP) is 3.19. The summed E-state index contributed by atoms with van der Waals surface area (Å²) in [6, 6.07) is 9.12. The van der Waals surface area contributed by atoms with Crippen molar-refractivity contribution >= 4 is 18.1 Å². The van der Waals surface area contributed by atoms with Crippen molar-refractivity contribution in [2.75, 3.05) is 0 Å². The van der Waals surface area contributed by atoms with E-state index in [4.69, 9.17) is 12.2 Å². The second-order valence-electron chi connectivity index (χ2n) is 7.69. The van der Waals surface area contributed by atoms with Crippen molar-refractivity contribution in [3.63, 3.8) is 0 Å². The summed E-state index contributed by atoms with van der Waals surface area (Å²) >= 11 is 5.31. The van der Waals surface area contributed by atoms with E-state index in [-0.39, 0.29) is 17.2 Å². The van der Waals surface area contributed by atoms with Gasteiger partial charge in [0.1, 0.15) is 0 Å². The van der Waals surface area contributed by atoms with Crippen LogP contribution in [-0.4, -0.2) is 20.7 Å². The number of hydrogen-bond donors (Lipinski definition) is 2. The van der Waals surface area contributed by atoms with Gasteiger partial charge in [-0.15, -0.1) is 0 Å². The molecule has 5 rings (SSSR count). The molecule has 2 atom stereocenters. The Bertz CT molecular complexity index is 897. The number of nitrogens with zero attached hydrogens (tertiary/aromatic N) is 2. The molecule has 0 saturated heterocycles. The number of fused-ring (bicyclic) bond motifs is 2. The highest BCUT2D eigenvalue weighted by Gasteiger charge is 2.59. The molecule has 1 heterocycles. The molecular weight excluding hydrogens is 332 g/mol. The van der Waals surface area contributed by atoms with Gasteiger partial charge in [0.2, 0.25) is 5.91 Å². The van der Waals surface area contributed by atoms with Crippen molar-refractivity contribution < 1.29 is 4.79 Å². The first-order valence-corrected chi connectivity index (χ1v) is 9.62. The summed E-state index contributed by atoms with van der Waals surface area (Å²) in [6.07, 6.45) is 6.73. The summed E-state index contributed by atoms with van der Waals surface area (Å²) in [4.78, 5) is 12.8. The zero-order valence-electron chi connectivity index (χ0n) is 14.1. The molecule has 25 heavy (non-hydrogen) atoms. The Morgan fingerprint density at radius 2 is 2.24 bits per heavy atom. The number of aromatic nitrogens is 3. The van der Waals surface area contributed by atoms with Crippen LogP contribution in [0.1, 0.15) is 55.1 Å². The second-order valence-corrected chi connectivity index (χ2v) is 8.07. The Morgan fingerprint density at radius 3 is 3.08 bits per heavy atom. The third-order valence-corrected chi connectivity index (χ3v) is 6.41. The maximum Gasteiger partial charge on any atom is 0.224 e. The summed E-state index contributed by atoms with van der Waals surface area (Å²) in [5.41, 5.74) is 2.92. The van der Waals surface area contributed by atoms with E-state index in [1.54, 1.807) is 0 Å². The fourth-order valence-electron chi connectivity index (χ4n) is 4.64. The lowest BCUT2D eigenvalue weighted by Crippen LogP contribution is -2.30. The number of carbonyl (C=O) groups excluding carboxylic acids is 1. The lowest BCUT2D eigenvalue weighted by molar-refractivity contribution is -0.123. The van der Waals surface area contributed by atoms with Gasteiger partial charge in [0.25, 0.3) is 0 Å². The summed E-state index contributed by atoms with van der Waals surface area (Å²) in [7, 11) is 0. The van der Waals surface area contributed by atoms with Crippen molar-refractivity contribution in [2.45, 2.75) is 56.5 Å². The standard InChI is InChI=1S/C19H22N4OS/c24-17(20-11-16-21-22-18(25)23(16)13-7-8-13)15-10-19(15)9-3-5-12-4-1-2-6-14(12)19/h1-2,4,6,13,15H,3,5,7-11H2,(H,20,24)(H,22,25)/t15-,19-/m0/s1. The van der Waals surface area contributed by atoms with Crippen LogP contribution < -0.4 is 5.32 Å². The predicted molar refractivity (Wildman–Crippen MR) is 96.7 cm³/mol. The van der Waals surface area contributed by atoms with Gasteiger partial charge in [-0.1, -0.05) is 24.3 Å². The highest BCUT2D eigenvalue weighted by atomic mass is 32.1. The number of hydrogen-bond acceptors (Lipinski definition) is 3. The van der Waals surface area contributed by atoms with Crippen molar-refractivity contribution in [3.05, 3.63) is 46.0 Å². The first-order chi connectivity index (χ1) is 12.2. The molecule has 0 bridgehead atoms. The van der Waals surface area contributed by atoms with Crippen LogP contribution in [0, 0.1) is 10.7 Å². The Balaban J connectivity index is 1.30. The van der Waals surface area contributed by atoms with E-state index in [9.17, 15) is 4.79 Å². The topological polar surface area (TPSA) is 62.7 Å². The Hall–Kier alpha value is -1.95. The summed E-state index contributed by atoms with van der Waals surface area (Å²) in [6.45, 7) is 0.455. The van der Waals surface area contributed by atoms with Gasteiger partial charge in [0.15, 0.2) is 10.6 Å². The van der Waals surface area contributed by atoms with Gasteiger partial charge in [-0.25, -0.2) is 0 Å². The normalized spacial score (nSPS) is 27.1. The van der Waals surface area contributed by atoms with Crippen LogP contribution >= 0.6 is 12.2 Å². The molecule has 0 unspecified atom stereocenters. The molecule has 1 amide bonds. The molecule has 2 N–H and O–H groups in total. The lowest BCUT2D eigenvalue weighted by atomic mass is 9.78. The van der Waals surface area contributed by atoms with E-state index in [2.05, 4.69) is 44.3 Å². The number of carbonyl (C=O) groups is 1. The third kappa shape index (κ3) is 2.46. The average Bonchev–Trinajstić information content (AvgIpc) is 3.54. The molecule has 0 radical (unpaired) electrons. The van der Waals surface area contributed by atoms with Gasteiger partial charge in [-0.3, -0.25) is 14.5 Å². The van der Waals surface area contributed by atoms with Crippen molar-refractivity contribution in [1.82, 2.24) is 20.1 Å². The van der Waals surface area contributed by atoms with Crippen molar-refractivity contribution in [3.8, 4) is 0 Å². The molecular formula is C19H22N4OS. The maximum atomic E-state index is 12.8. The van der Waals surface area contributed by atoms with E-state index >= 15 is 0 Å². The molecule has 1 aromatic carbocycles. The Labute approximate surface area is 151 Å². The number of aryl methyl sites for hydroxylation is 1. The molecule has 1 aromatic heterocycles. The highest BCUT2D eigenvalue weighted by molar-refractivity contribution is 7.71. The molecule has 130 valence electrons. The monoisotopic (exact) mass is 354 g/mol. The van der Waals surface area contributed by atoms with Crippen LogP contribution in [0.4, 0.5) is 0 Å². The molecule has 2 saturated carbocycles. The SMILES string of the molecule is O=C(NCc1n[nH]c(=S)n1C1CC1)[C@@H]1C[C@]12CCCc1ccccc12. The molecule has 6 heteroatoms. The Morgan fingerprint density at radius 1 is 1.40 bits per heavy atom. The van der Waals surface area contributed by atoms with E-state index in [1.807, 2.05) is 0 Å². The van der Waals surface area contributed by atoms with Gasteiger partial charge in [0, 0.05) is 17.4 Å². The minimum Gasteiger partial charge on any atom is -0.349 e. The smallest absolute Gasteiger partial charge is 0.224 e. The zero-order valence-corrected chi connectivity index (χ0v) is 14.9. The fraction of sp³-hybridized carbons (Fsp3) is 0.526. The first kappa shape index (κ1) is 15.3. The van der Waals surface area contributed by atoms with E-state index in [1.165, 1.54) is 17.5 Å². The first-order valence-electron chi connectivity index (χ1n) is 9.21. The fourth-order valence-corrected chi connectivity index (χ4v) is 4.94. The number of amides is 1. The molecule has 3 aliphatic rings. The number of benzene rings is 1. The Kier molecular flexibility index (Phi) is 3.39. The number of H-pyrrole nitrogens is 1. The highest BCUT2D eigenvalue weighted by Crippen LogP contribution is 2.60. The molecule has 3 aliphatic carbocycles. The van der Waals surface area contributed by atoms with E-state index in [0.717, 1.165) is 37.9 Å². The van der Waals surface area contributed by atoms with Crippen molar-refractivity contribution in [1.29, 1.82) is 0 Å². The quantitative estimate of drug-likeness (QED) is 0.829. The maximum absolute atomic E-state index is 12.8. The summed E-state index contributed by atoms with van der Waals surface area (Å²) in [5, 5.41) is 10.3. The van der Waals surface area contributed by atoms with Crippen LogP contribution in [0.25, 0.3) is 0 Å². The molecule has 0 aliphatic heterocycles. The minimum absolute atomic E-state index is 0.0835. The van der Waals surface area contributed by atoms with Gasteiger partial charge < -0.3 is 5.32 Å². The van der Waals surface area contributed by atoms with Crippen LogP contribution in [-0.2, 0) is 23.2 Å². The number of nitrogens with one attached hydrogen (secondary N) is 2.